The Morgan fingerprint density at radius 3 is 3.18 bits per heavy atom. The van der Waals surface area contributed by atoms with Gasteiger partial charge in [-0.05, 0) is 17.5 Å². The highest BCUT2D eigenvalue weighted by molar-refractivity contribution is 7.17. The Balaban J connectivity index is 2.91. The first kappa shape index (κ1) is 6.88. The molecule has 0 aromatic carbocycles. The summed E-state index contributed by atoms with van der Waals surface area (Å²) in [5, 5.41) is 2.40. The number of halogens is 1. The molecule has 2 aromatic rings. The van der Waals surface area contributed by atoms with E-state index in [1.54, 1.807) is 17.4 Å². The third-order valence-electron chi connectivity index (χ3n) is 1.41. The zero-order valence-corrected chi connectivity index (χ0v) is 7.12. The van der Waals surface area contributed by atoms with Crippen LogP contribution in [0.25, 0.3) is 10.2 Å². The second-order valence-electron chi connectivity index (χ2n) is 2.17. The largest absolute Gasteiger partial charge is 0.397 e. The number of nitrogens with two attached hydrogens (primary N) is 1. The van der Waals surface area contributed by atoms with Crippen molar-refractivity contribution >= 4 is 38.8 Å². The molecule has 2 nitrogen and oxygen atoms in total. The Kier molecular flexibility index (Phi) is 1.47. The molecule has 4 heteroatoms. The number of rotatable bonds is 0. The monoisotopic (exact) mass is 184 g/mol. The van der Waals surface area contributed by atoms with Gasteiger partial charge in [0.15, 0.2) is 0 Å². The standard InChI is InChI=1S/C7H5ClN2S/c8-6-3-4(9)7-5(10-6)1-2-11-7/h1-3H,(H2,9,10). The molecule has 0 spiro atoms. The molecule has 0 bridgehead atoms. The van der Waals surface area contributed by atoms with Crippen LogP contribution >= 0.6 is 22.9 Å². The SMILES string of the molecule is Nc1cc(Cl)nc2ccsc12. The zero-order chi connectivity index (χ0) is 7.84. The summed E-state index contributed by atoms with van der Waals surface area (Å²) < 4.78 is 1.01. The molecule has 0 amide bonds. The number of nitrogens with zero attached hydrogens (tertiary/aromatic N) is 1. The van der Waals surface area contributed by atoms with Crippen molar-refractivity contribution in [1.82, 2.24) is 4.98 Å². The van der Waals surface area contributed by atoms with Crippen LogP contribution < -0.4 is 5.73 Å². The van der Waals surface area contributed by atoms with Gasteiger partial charge < -0.3 is 5.73 Å². The van der Waals surface area contributed by atoms with Crippen LogP contribution in [0.2, 0.25) is 5.15 Å². The normalized spacial score (nSPS) is 10.6. The molecule has 0 atom stereocenters. The van der Waals surface area contributed by atoms with E-state index in [1.807, 2.05) is 11.4 Å². The maximum Gasteiger partial charge on any atom is 0.131 e. The van der Waals surface area contributed by atoms with E-state index in [0.29, 0.717) is 10.8 Å². The number of fused-ring (bicyclic) bond motifs is 1. The number of hydrogen-bond acceptors (Lipinski definition) is 3. The van der Waals surface area contributed by atoms with E-state index >= 15 is 0 Å². The van der Waals surface area contributed by atoms with Crippen LogP contribution in [-0.2, 0) is 0 Å². The summed E-state index contributed by atoms with van der Waals surface area (Å²) in [4.78, 5) is 4.09. The van der Waals surface area contributed by atoms with Gasteiger partial charge in [-0.15, -0.1) is 11.3 Å². The van der Waals surface area contributed by atoms with Crippen LogP contribution in [0.3, 0.4) is 0 Å². The maximum absolute atomic E-state index is 5.69. The van der Waals surface area contributed by atoms with Gasteiger partial charge >= 0.3 is 0 Å². The van der Waals surface area contributed by atoms with Gasteiger partial charge in [-0.2, -0.15) is 0 Å². The molecule has 0 aliphatic rings. The van der Waals surface area contributed by atoms with E-state index in [2.05, 4.69) is 4.98 Å². The Morgan fingerprint density at radius 1 is 1.55 bits per heavy atom. The van der Waals surface area contributed by atoms with E-state index < -0.39 is 0 Å². The summed E-state index contributed by atoms with van der Waals surface area (Å²) in [5.41, 5.74) is 7.27. The van der Waals surface area contributed by atoms with Crippen molar-refractivity contribution in [3.63, 3.8) is 0 Å². The molecule has 56 valence electrons. The zero-order valence-electron chi connectivity index (χ0n) is 5.54. The van der Waals surface area contributed by atoms with Crippen molar-refractivity contribution in [2.24, 2.45) is 0 Å². The first-order chi connectivity index (χ1) is 5.27. The number of hydrogen-bond donors (Lipinski definition) is 1. The Hall–Kier alpha value is -0.800. The van der Waals surface area contributed by atoms with E-state index in [1.165, 1.54) is 0 Å². The van der Waals surface area contributed by atoms with Gasteiger partial charge in [0.25, 0.3) is 0 Å². The van der Waals surface area contributed by atoms with Crippen LogP contribution in [0.4, 0.5) is 5.69 Å². The quantitative estimate of drug-likeness (QED) is 0.639. The smallest absolute Gasteiger partial charge is 0.131 e. The minimum Gasteiger partial charge on any atom is -0.397 e. The van der Waals surface area contributed by atoms with Gasteiger partial charge in [0.05, 0.1) is 15.9 Å². The number of nitrogen functional groups attached to an aromatic ring is 1. The molecular weight excluding hydrogens is 180 g/mol. The minimum atomic E-state index is 0.452. The predicted octanol–water partition coefficient (Wildman–Crippen LogP) is 2.53. The van der Waals surface area contributed by atoms with E-state index in [-0.39, 0.29) is 0 Å². The van der Waals surface area contributed by atoms with E-state index in [9.17, 15) is 0 Å². The lowest BCUT2D eigenvalue weighted by Crippen LogP contribution is -1.85. The third kappa shape index (κ3) is 1.06. The molecule has 2 heterocycles. The average Bonchev–Trinajstić information content (AvgIpc) is 2.34. The van der Waals surface area contributed by atoms with E-state index in [4.69, 9.17) is 17.3 Å². The summed E-state index contributed by atoms with van der Waals surface area (Å²) in [7, 11) is 0. The van der Waals surface area contributed by atoms with Gasteiger partial charge in [-0.1, -0.05) is 11.6 Å². The van der Waals surface area contributed by atoms with Crippen molar-refractivity contribution in [3.05, 3.63) is 22.7 Å². The lowest BCUT2D eigenvalue weighted by atomic mass is 10.3. The van der Waals surface area contributed by atoms with Gasteiger partial charge in [0.1, 0.15) is 5.15 Å². The highest BCUT2D eigenvalue weighted by Gasteiger charge is 2.01. The summed E-state index contributed by atoms with van der Waals surface area (Å²) in [6.07, 6.45) is 0. The number of thiophene rings is 1. The molecule has 2 aromatic heterocycles. The van der Waals surface area contributed by atoms with Crippen LogP contribution in [-0.4, -0.2) is 4.98 Å². The Labute approximate surface area is 72.6 Å². The van der Waals surface area contributed by atoms with Crippen molar-refractivity contribution in [3.8, 4) is 0 Å². The predicted molar refractivity (Wildman–Crippen MR) is 49.0 cm³/mol. The number of aromatic nitrogens is 1. The van der Waals surface area contributed by atoms with Crippen LogP contribution in [0.15, 0.2) is 17.5 Å². The number of anilines is 1. The van der Waals surface area contributed by atoms with Gasteiger partial charge in [0.2, 0.25) is 0 Å². The average molecular weight is 185 g/mol. The van der Waals surface area contributed by atoms with E-state index in [0.717, 1.165) is 10.2 Å². The molecule has 0 fully saturated rings. The number of pyridine rings is 1. The molecule has 0 aliphatic carbocycles. The molecule has 11 heavy (non-hydrogen) atoms. The van der Waals surface area contributed by atoms with Crippen LogP contribution in [0, 0.1) is 0 Å². The Bertz CT molecular complexity index is 396. The highest BCUT2D eigenvalue weighted by Crippen LogP contribution is 2.27. The topological polar surface area (TPSA) is 38.9 Å². The second-order valence-corrected chi connectivity index (χ2v) is 3.47. The molecule has 2 N–H and O–H groups in total. The first-order valence-corrected chi connectivity index (χ1v) is 4.32. The van der Waals surface area contributed by atoms with Crippen molar-refractivity contribution < 1.29 is 0 Å². The summed E-state index contributed by atoms with van der Waals surface area (Å²) >= 11 is 7.27. The first-order valence-electron chi connectivity index (χ1n) is 3.06. The molecule has 0 saturated carbocycles. The van der Waals surface area contributed by atoms with Crippen LogP contribution in [0.1, 0.15) is 0 Å². The fourth-order valence-electron chi connectivity index (χ4n) is 0.948. The highest BCUT2D eigenvalue weighted by atomic mass is 35.5. The van der Waals surface area contributed by atoms with Crippen molar-refractivity contribution in [2.75, 3.05) is 5.73 Å². The van der Waals surface area contributed by atoms with Crippen molar-refractivity contribution in [1.29, 1.82) is 0 Å². The molecule has 0 saturated heterocycles. The maximum atomic E-state index is 5.69. The lowest BCUT2D eigenvalue weighted by Gasteiger charge is -1.94. The fraction of sp³-hybridized carbons (Fsp3) is 0. The van der Waals surface area contributed by atoms with Crippen LogP contribution in [0.5, 0.6) is 0 Å². The molecule has 0 radical (unpaired) electrons. The van der Waals surface area contributed by atoms with Crippen molar-refractivity contribution in [2.45, 2.75) is 0 Å². The Morgan fingerprint density at radius 2 is 2.36 bits per heavy atom. The molecule has 0 unspecified atom stereocenters. The van der Waals surface area contributed by atoms with Gasteiger partial charge in [-0.25, -0.2) is 4.98 Å². The second kappa shape index (κ2) is 2.36. The van der Waals surface area contributed by atoms with Gasteiger partial charge in [-0.3, -0.25) is 0 Å². The lowest BCUT2D eigenvalue weighted by molar-refractivity contribution is 1.43. The third-order valence-corrected chi connectivity index (χ3v) is 2.55. The summed E-state index contributed by atoms with van der Waals surface area (Å²) in [6.45, 7) is 0. The summed E-state index contributed by atoms with van der Waals surface area (Å²) in [5.74, 6) is 0. The minimum absolute atomic E-state index is 0.452. The van der Waals surface area contributed by atoms with Gasteiger partial charge in [0, 0.05) is 0 Å². The summed E-state index contributed by atoms with van der Waals surface area (Å²) in [6, 6.07) is 3.57. The molecular formula is C7H5ClN2S. The molecule has 2 rings (SSSR count). The molecule has 0 aliphatic heterocycles. The fourth-order valence-corrected chi connectivity index (χ4v) is 1.92.